The van der Waals surface area contributed by atoms with E-state index in [-0.39, 0.29) is 36.4 Å². The molecule has 3 N–H and O–H groups in total. The molecular formula is C27H35N3O6. The van der Waals surface area contributed by atoms with Gasteiger partial charge in [-0.15, -0.1) is 0 Å². The first-order valence-corrected chi connectivity index (χ1v) is 12.1. The topological polar surface area (TPSA) is 131 Å². The molecule has 3 amide bonds. The summed E-state index contributed by atoms with van der Waals surface area (Å²) in [4.78, 5) is 50.2. The predicted octanol–water partition coefficient (Wildman–Crippen LogP) is 3.10. The molecule has 9 nitrogen and oxygen atoms in total. The molecule has 2 heterocycles. The number of amides is 3. The van der Waals surface area contributed by atoms with Crippen LogP contribution in [0.5, 0.6) is 0 Å². The standard InChI is InChI=1S/C27H35N3O6/c1-12(2)24(26(33)29-13(3)4)30-21(32)11-28-20(31)10-18-16(7)23-19(36-27(18)34)9-14(5)22-15(6)17(8)35-25(22)23/h9,12-13,24H,10-11H2,1-8H3,(H,28,31)(H,29,33)(H,30,32)/t24-/m1/s1. The van der Waals surface area contributed by atoms with Crippen molar-refractivity contribution in [2.75, 3.05) is 6.54 Å². The van der Waals surface area contributed by atoms with E-state index in [2.05, 4.69) is 16.0 Å². The Kier molecular flexibility index (Phi) is 7.91. The molecule has 3 rings (SSSR count). The Bertz CT molecular complexity index is 1400. The summed E-state index contributed by atoms with van der Waals surface area (Å²) in [5, 5.41) is 9.59. The first-order chi connectivity index (χ1) is 16.8. The second-order valence-corrected chi connectivity index (χ2v) is 9.95. The van der Waals surface area contributed by atoms with Gasteiger partial charge in [-0.1, -0.05) is 13.8 Å². The van der Waals surface area contributed by atoms with E-state index in [9.17, 15) is 19.2 Å². The predicted molar refractivity (Wildman–Crippen MR) is 138 cm³/mol. The van der Waals surface area contributed by atoms with Gasteiger partial charge in [0.1, 0.15) is 23.0 Å². The first kappa shape index (κ1) is 27.0. The van der Waals surface area contributed by atoms with Crippen molar-refractivity contribution >= 4 is 39.7 Å². The van der Waals surface area contributed by atoms with Gasteiger partial charge in [0.25, 0.3) is 0 Å². The smallest absolute Gasteiger partial charge is 0.340 e. The molecule has 2 aromatic heterocycles. The zero-order valence-corrected chi connectivity index (χ0v) is 22.2. The maximum atomic E-state index is 12.7. The van der Waals surface area contributed by atoms with Crippen LogP contribution in [0.4, 0.5) is 0 Å². The van der Waals surface area contributed by atoms with Crippen molar-refractivity contribution in [1.29, 1.82) is 0 Å². The van der Waals surface area contributed by atoms with E-state index in [0.29, 0.717) is 22.1 Å². The zero-order chi connectivity index (χ0) is 26.9. The monoisotopic (exact) mass is 497 g/mol. The third kappa shape index (κ3) is 5.45. The number of hydrogen-bond acceptors (Lipinski definition) is 6. The van der Waals surface area contributed by atoms with Gasteiger partial charge in [-0.05, 0) is 70.2 Å². The van der Waals surface area contributed by atoms with Crippen molar-refractivity contribution in [2.45, 2.75) is 73.9 Å². The lowest BCUT2D eigenvalue weighted by Crippen LogP contribution is -2.53. The van der Waals surface area contributed by atoms with Crippen LogP contribution in [0.2, 0.25) is 0 Å². The van der Waals surface area contributed by atoms with Crippen LogP contribution in [0.25, 0.3) is 21.9 Å². The van der Waals surface area contributed by atoms with Gasteiger partial charge in [0.05, 0.1) is 23.9 Å². The van der Waals surface area contributed by atoms with Gasteiger partial charge >= 0.3 is 5.63 Å². The van der Waals surface area contributed by atoms with Crippen molar-refractivity contribution < 1.29 is 23.2 Å². The van der Waals surface area contributed by atoms with E-state index in [1.54, 1.807) is 6.92 Å². The molecule has 0 aliphatic heterocycles. The molecule has 194 valence electrons. The fraction of sp³-hybridized carbons (Fsp3) is 0.481. The van der Waals surface area contributed by atoms with E-state index in [4.69, 9.17) is 8.83 Å². The summed E-state index contributed by atoms with van der Waals surface area (Å²) < 4.78 is 11.6. The summed E-state index contributed by atoms with van der Waals surface area (Å²) in [6, 6.07) is 1.02. The molecule has 0 fully saturated rings. The number of fused-ring (bicyclic) bond motifs is 3. The Morgan fingerprint density at radius 2 is 1.56 bits per heavy atom. The second-order valence-electron chi connectivity index (χ2n) is 9.95. The zero-order valence-electron chi connectivity index (χ0n) is 22.2. The molecule has 0 saturated carbocycles. The van der Waals surface area contributed by atoms with Gasteiger partial charge in [-0.2, -0.15) is 0 Å². The molecule has 1 atom stereocenters. The normalized spacial score (nSPS) is 12.4. The van der Waals surface area contributed by atoms with E-state index in [1.807, 2.05) is 54.5 Å². The summed E-state index contributed by atoms with van der Waals surface area (Å²) >= 11 is 0. The Hall–Kier alpha value is -3.62. The van der Waals surface area contributed by atoms with E-state index >= 15 is 0 Å². The molecule has 36 heavy (non-hydrogen) atoms. The molecule has 0 saturated heterocycles. The number of hydrogen-bond donors (Lipinski definition) is 3. The molecular weight excluding hydrogens is 462 g/mol. The molecule has 1 aromatic carbocycles. The van der Waals surface area contributed by atoms with Gasteiger partial charge in [0.15, 0.2) is 0 Å². The third-order valence-electron chi connectivity index (χ3n) is 6.36. The average Bonchev–Trinajstić information content (AvgIpc) is 3.07. The number of furan rings is 1. The van der Waals surface area contributed by atoms with E-state index < -0.39 is 23.5 Å². The van der Waals surface area contributed by atoms with Crippen LogP contribution in [0.3, 0.4) is 0 Å². The molecule has 0 bridgehead atoms. The fourth-order valence-corrected chi connectivity index (χ4v) is 4.37. The van der Waals surface area contributed by atoms with Crippen molar-refractivity contribution in [1.82, 2.24) is 16.0 Å². The van der Waals surface area contributed by atoms with Gasteiger partial charge in [0.2, 0.25) is 17.7 Å². The van der Waals surface area contributed by atoms with Gasteiger partial charge in [0, 0.05) is 11.4 Å². The Morgan fingerprint density at radius 3 is 2.17 bits per heavy atom. The highest BCUT2D eigenvalue weighted by Crippen LogP contribution is 2.36. The van der Waals surface area contributed by atoms with Crippen molar-refractivity contribution in [3.05, 3.63) is 44.5 Å². The van der Waals surface area contributed by atoms with Crippen LogP contribution in [-0.4, -0.2) is 36.3 Å². The van der Waals surface area contributed by atoms with E-state index in [0.717, 1.165) is 22.3 Å². The lowest BCUT2D eigenvalue weighted by molar-refractivity contribution is -0.130. The highest BCUT2D eigenvalue weighted by molar-refractivity contribution is 6.07. The minimum atomic E-state index is -0.724. The maximum absolute atomic E-state index is 12.7. The minimum absolute atomic E-state index is 0.0635. The molecule has 0 unspecified atom stereocenters. The van der Waals surface area contributed by atoms with Crippen LogP contribution >= 0.6 is 0 Å². The van der Waals surface area contributed by atoms with Crippen LogP contribution in [0, 0.1) is 33.6 Å². The molecule has 0 aliphatic rings. The second kappa shape index (κ2) is 10.6. The summed E-state index contributed by atoms with van der Waals surface area (Å²) in [7, 11) is 0. The largest absolute Gasteiger partial charge is 0.460 e. The van der Waals surface area contributed by atoms with Crippen molar-refractivity contribution in [2.24, 2.45) is 5.92 Å². The van der Waals surface area contributed by atoms with Crippen LogP contribution in [0.1, 0.15) is 55.7 Å². The maximum Gasteiger partial charge on any atom is 0.340 e. The summed E-state index contributed by atoms with van der Waals surface area (Å²) in [6.07, 6.45) is -0.257. The molecule has 3 aromatic rings. The fourth-order valence-electron chi connectivity index (χ4n) is 4.37. The number of rotatable bonds is 8. The summed E-state index contributed by atoms with van der Waals surface area (Å²) in [6.45, 7) is 14.5. The lowest BCUT2D eigenvalue weighted by Gasteiger charge is -2.23. The Morgan fingerprint density at radius 1 is 0.889 bits per heavy atom. The molecule has 0 spiro atoms. The number of carbonyl (C=O) groups excluding carboxylic acids is 3. The third-order valence-corrected chi connectivity index (χ3v) is 6.36. The van der Waals surface area contributed by atoms with E-state index in [1.165, 1.54) is 0 Å². The molecule has 0 radical (unpaired) electrons. The number of aryl methyl sites for hydroxylation is 4. The lowest BCUT2D eigenvalue weighted by atomic mass is 9.98. The highest BCUT2D eigenvalue weighted by Gasteiger charge is 2.25. The molecule has 0 aliphatic carbocycles. The number of benzene rings is 1. The minimum Gasteiger partial charge on any atom is -0.460 e. The van der Waals surface area contributed by atoms with Crippen molar-refractivity contribution in [3.63, 3.8) is 0 Å². The van der Waals surface area contributed by atoms with Crippen LogP contribution in [-0.2, 0) is 20.8 Å². The first-order valence-electron chi connectivity index (χ1n) is 12.1. The number of carbonyl (C=O) groups is 3. The SMILES string of the molecule is Cc1oc2c(c(C)cc3oc(=O)c(CC(=O)NCC(=O)N[C@@H](C(=O)NC(C)C)C(C)C)c(C)c32)c1C. The van der Waals surface area contributed by atoms with Gasteiger partial charge < -0.3 is 24.8 Å². The van der Waals surface area contributed by atoms with Crippen LogP contribution < -0.4 is 21.6 Å². The summed E-state index contributed by atoms with van der Waals surface area (Å²) in [5.41, 5.74) is 3.18. The average molecular weight is 498 g/mol. The highest BCUT2D eigenvalue weighted by atomic mass is 16.4. The summed E-state index contributed by atoms with van der Waals surface area (Å²) in [5.74, 6) is -0.653. The molecule has 9 heteroatoms. The Labute approximate surface area is 210 Å². The Balaban J connectivity index is 1.78. The quantitative estimate of drug-likeness (QED) is 0.410. The van der Waals surface area contributed by atoms with Gasteiger partial charge in [-0.25, -0.2) is 4.79 Å². The van der Waals surface area contributed by atoms with Crippen molar-refractivity contribution in [3.8, 4) is 0 Å². The van der Waals surface area contributed by atoms with Crippen LogP contribution in [0.15, 0.2) is 19.7 Å². The number of nitrogens with one attached hydrogen (secondary N) is 3. The van der Waals surface area contributed by atoms with Gasteiger partial charge in [-0.3, -0.25) is 14.4 Å².